The molecule has 0 saturated heterocycles. The molecule has 1 atom stereocenters. The fourth-order valence-corrected chi connectivity index (χ4v) is 2.40. The van der Waals surface area contributed by atoms with Gasteiger partial charge >= 0.3 is 0 Å². The number of rotatable bonds is 7. The van der Waals surface area contributed by atoms with Crippen LogP contribution in [0.5, 0.6) is 0 Å². The van der Waals surface area contributed by atoms with E-state index in [2.05, 4.69) is 10.3 Å². The number of nitrogens with one attached hydrogen (secondary N) is 1. The molecule has 1 heterocycles. The SMILES string of the molecule is CC(C)C[C@@H](C=O)NC(=O)c1ccccc1/C=C/c1ccccn1. The van der Waals surface area contributed by atoms with Crippen LogP contribution in [0.2, 0.25) is 0 Å². The number of nitrogens with zero attached hydrogens (tertiary/aromatic N) is 1. The molecule has 0 radical (unpaired) electrons. The van der Waals surface area contributed by atoms with Crippen molar-refractivity contribution in [1.29, 1.82) is 0 Å². The molecule has 1 amide bonds. The van der Waals surface area contributed by atoms with Crippen LogP contribution in [0.4, 0.5) is 0 Å². The van der Waals surface area contributed by atoms with E-state index in [4.69, 9.17) is 0 Å². The first kappa shape index (κ1) is 17.6. The van der Waals surface area contributed by atoms with E-state index in [-0.39, 0.29) is 5.91 Å². The van der Waals surface area contributed by atoms with Gasteiger partial charge < -0.3 is 10.1 Å². The van der Waals surface area contributed by atoms with Gasteiger partial charge in [0.05, 0.1) is 11.7 Å². The largest absolute Gasteiger partial charge is 0.343 e. The maximum Gasteiger partial charge on any atom is 0.252 e. The van der Waals surface area contributed by atoms with Crippen LogP contribution in [0, 0.1) is 5.92 Å². The highest BCUT2D eigenvalue weighted by molar-refractivity contribution is 5.99. The van der Waals surface area contributed by atoms with Crippen molar-refractivity contribution >= 4 is 24.3 Å². The molecule has 0 aliphatic heterocycles. The van der Waals surface area contributed by atoms with Crippen molar-refractivity contribution in [2.75, 3.05) is 0 Å². The second kappa shape index (κ2) is 8.77. The summed E-state index contributed by atoms with van der Waals surface area (Å²) in [5.74, 6) is 0.0915. The lowest BCUT2D eigenvalue weighted by atomic mass is 10.0. The summed E-state index contributed by atoms with van der Waals surface area (Å²) in [6, 6.07) is 12.5. The maximum absolute atomic E-state index is 12.5. The van der Waals surface area contributed by atoms with Crippen LogP contribution in [-0.4, -0.2) is 23.2 Å². The van der Waals surface area contributed by atoms with Gasteiger partial charge in [-0.1, -0.05) is 44.2 Å². The number of benzene rings is 1. The van der Waals surface area contributed by atoms with Crippen LogP contribution >= 0.6 is 0 Å². The van der Waals surface area contributed by atoms with Crippen LogP contribution in [0.15, 0.2) is 48.7 Å². The van der Waals surface area contributed by atoms with E-state index in [0.29, 0.717) is 17.9 Å². The third kappa shape index (κ3) is 5.16. The minimum atomic E-state index is -0.467. The number of pyridine rings is 1. The van der Waals surface area contributed by atoms with Gasteiger partial charge in [-0.15, -0.1) is 0 Å². The van der Waals surface area contributed by atoms with Gasteiger partial charge in [-0.3, -0.25) is 9.78 Å². The minimum absolute atomic E-state index is 0.242. The van der Waals surface area contributed by atoms with Gasteiger partial charge in [0.2, 0.25) is 0 Å². The predicted molar refractivity (Wildman–Crippen MR) is 96.4 cm³/mol. The number of amides is 1. The van der Waals surface area contributed by atoms with E-state index in [9.17, 15) is 9.59 Å². The second-order valence-electron chi connectivity index (χ2n) is 6.02. The zero-order valence-electron chi connectivity index (χ0n) is 14.0. The Hall–Kier alpha value is -2.75. The Bertz CT molecular complexity index is 709. The Morgan fingerprint density at radius 3 is 2.54 bits per heavy atom. The number of hydrogen-bond donors (Lipinski definition) is 1. The van der Waals surface area contributed by atoms with Crippen LogP contribution in [0.1, 0.15) is 41.9 Å². The van der Waals surface area contributed by atoms with Crippen molar-refractivity contribution in [3.05, 3.63) is 65.5 Å². The lowest BCUT2D eigenvalue weighted by molar-refractivity contribution is -0.109. The molecule has 0 saturated carbocycles. The normalized spacial score (nSPS) is 12.3. The Balaban J connectivity index is 2.17. The van der Waals surface area contributed by atoms with E-state index in [1.807, 2.05) is 62.4 Å². The van der Waals surface area contributed by atoms with Crippen LogP contribution < -0.4 is 5.32 Å². The van der Waals surface area contributed by atoms with E-state index in [0.717, 1.165) is 17.5 Å². The third-order valence-electron chi connectivity index (χ3n) is 3.53. The number of aldehydes is 1. The van der Waals surface area contributed by atoms with Crippen LogP contribution in [0.25, 0.3) is 12.2 Å². The van der Waals surface area contributed by atoms with Gasteiger partial charge in [-0.2, -0.15) is 0 Å². The summed E-state index contributed by atoms with van der Waals surface area (Å²) in [5, 5.41) is 2.80. The Labute approximate surface area is 142 Å². The van der Waals surface area contributed by atoms with E-state index in [1.54, 1.807) is 12.3 Å². The highest BCUT2D eigenvalue weighted by Gasteiger charge is 2.15. The molecule has 2 aromatic rings. The molecule has 0 aliphatic rings. The number of aromatic nitrogens is 1. The van der Waals surface area contributed by atoms with Gasteiger partial charge in [-0.05, 0) is 42.2 Å². The van der Waals surface area contributed by atoms with Gasteiger partial charge in [-0.25, -0.2) is 0 Å². The molecule has 0 fully saturated rings. The fourth-order valence-electron chi connectivity index (χ4n) is 2.40. The van der Waals surface area contributed by atoms with Crippen molar-refractivity contribution < 1.29 is 9.59 Å². The standard InChI is InChI=1S/C20H22N2O2/c1-15(2)13-18(14-23)22-20(24)19-9-4-3-7-16(19)10-11-17-8-5-6-12-21-17/h3-12,14-15,18H,13H2,1-2H3,(H,22,24)/b11-10+/t18-/m0/s1. The van der Waals surface area contributed by atoms with Crippen molar-refractivity contribution in [2.45, 2.75) is 26.3 Å². The maximum atomic E-state index is 12.5. The Morgan fingerprint density at radius 1 is 1.12 bits per heavy atom. The average Bonchev–Trinajstić information content (AvgIpc) is 2.60. The Kier molecular flexibility index (Phi) is 6.43. The molecule has 1 N–H and O–H groups in total. The lowest BCUT2D eigenvalue weighted by Gasteiger charge is -2.15. The monoisotopic (exact) mass is 322 g/mol. The quantitative estimate of drug-likeness (QED) is 0.792. The van der Waals surface area contributed by atoms with Gasteiger partial charge in [0, 0.05) is 11.8 Å². The second-order valence-corrected chi connectivity index (χ2v) is 6.02. The molecule has 1 aromatic carbocycles. The number of hydrogen-bond acceptors (Lipinski definition) is 3. The average molecular weight is 322 g/mol. The van der Waals surface area contributed by atoms with Crippen molar-refractivity contribution in [1.82, 2.24) is 10.3 Å². The first-order valence-electron chi connectivity index (χ1n) is 8.04. The molecule has 24 heavy (non-hydrogen) atoms. The summed E-state index contributed by atoms with van der Waals surface area (Å²) >= 11 is 0. The molecular weight excluding hydrogens is 300 g/mol. The summed E-state index contributed by atoms with van der Waals surface area (Å²) in [7, 11) is 0. The van der Waals surface area contributed by atoms with Gasteiger partial charge in [0.1, 0.15) is 6.29 Å². The molecule has 4 nitrogen and oxygen atoms in total. The van der Waals surface area contributed by atoms with Crippen molar-refractivity contribution in [3.8, 4) is 0 Å². The molecule has 4 heteroatoms. The van der Waals surface area contributed by atoms with Crippen molar-refractivity contribution in [2.24, 2.45) is 5.92 Å². The van der Waals surface area contributed by atoms with E-state index >= 15 is 0 Å². The molecule has 0 bridgehead atoms. The van der Waals surface area contributed by atoms with E-state index < -0.39 is 6.04 Å². The highest BCUT2D eigenvalue weighted by atomic mass is 16.2. The molecule has 0 aliphatic carbocycles. The zero-order valence-corrected chi connectivity index (χ0v) is 14.0. The number of carbonyl (C=O) groups excluding carboxylic acids is 2. The summed E-state index contributed by atoms with van der Waals surface area (Å²) in [4.78, 5) is 27.9. The molecule has 0 unspecified atom stereocenters. The minimum Gasteiger partial charge on any atom is -0.343 e. The first-order valence-corrected chi connectivity index (χ1v) is 8.04. The van der Waals surface area contributed by atoms with Crippen LogP contribution in [-0.2, 0) is 4.79 Å². The summed E-state index contributed by atoms with van der Waals surface area (Å²) in [6.07, 6.45) is 6.86. The van der Waals surface area contributed by atoms with E-state index in [1.165, 1.54) is 0 Å². The molecule has 2 rings (SSSR count). The lowest BCUT2D eigenvalue weighted by Crippen LogP contribution is -2.37. The Morgan fingerprint density at radius 2 is 1.88 bits per heavy atom. The third-order valence-corrected chi connectivity index (χ3v) is 3.53. The summed E-state index contributed by atoms with van der Waals surface area (Å²) in [6.45, 7) is 4.04. The summed E-state index contributed by atoms with van der Waals surface area (Å²) in [5.41, 5.74) is 2.15. The molecule has 124 valence electrons. The zero-order chi connectivity index (χ0) is 17.4. The molecular formula is C20H22N2O2. The fraction of sp³-hybridized carbons (Fsp3) is 0.250. The molecule has 1 aromatic heterocycles. The summed E-state index contributed by atoms with van der Waals surface area (Å²) < 4.78 is 0. The van der Waals surface area contributed by atoms with Crippen LogP contribution in [0.3, 0.4) is 0 Å². The van der Waals surface area contributed by atoms with Gasteiger partial charge in [0.25, 0.3) is 5.91 Å². The van der Waals surface area contributed by atoms with Gasteiger partial charge in [0.15, 0.2) is 0 Å². The topological polar surface area (TPSA) is 59.1 Å². The first-order chi connectivity index (χ1) is 11.6. The smallest absolute Gasteiger partial charge is 0.252 e. The number of carbonyl (C=O) groups is 2. The molecule has 0 spiro atoms. The van der Waals surface area contributed by atoms with Crippen molar-refractivity contribution in [3.63, 3.8) is 0 Å². The predicted octanol–water partition coefficient (Wildman–Crippen LogP) is 3.60. The highest BCUT2D eigenvalue weighted by Crippen LogP contribution is 2.13.